The summed E-state index contributed by atoms with van der Waals surface area (Å²) in [7, 11) is -2.74. The normalized spacial score (nSPS) is 16.6. The summed E-state index contributed by atoms with van der Waals surface area (Å²) in [5, 5.41) is 19.1. The smallest absolute Gasteiger partial charge is 0.335 e. The number of ether oxygens (including phenoxy) is 1. The van der Waals surface area contributed by atoms with Crippen LogP contribution in [-0.2, 0) is 16.4 Å². The van der Waals surface area contributed by atoms with Gasteiger partial charge >= 0.3 is 5.97 Å². The predicted octanol–water partition coefficient (Wildman–Crippen LogP) is 2.56. The summed E-state index contributed by atoms with van der Waals surface area (Å²) < 4.78 is 33.0. The van der Waals surface area contributed by atoms with Gasteiger partial charge in [0.05, 0.1) is 18.8 Å². The van der Waals surface area contributed by atoms with Crippen molar-refractivity contribution in [2.24, 2.45) is 0 Å². The first kappa shape index (κ1) is 18.2. The minimum Gasteiger partial charge on any atom is -0.495 e. The molecule has 1 aliphatic rings. The van der Waals surface area contributed by atoms with Gasteiger partial charge in [0, 0.05) is 5.69 Å². The van der Waals surface area contributed by atoms with Gasteiger partial charge in [-0.2, -0.15) is 0 Å². The molecule has 8 heteroatoms. The molecular weight excluding hydrogens is 358 g/mol. The van der Waals surface area contributed by atoms with Crippen molar-refractivity contribution in [2.45, 2.75) is 30.3 Å². The maximum absolute atomic E-state index is 12.8. The molecule has 0 unspecified atom stereocenters. The van der Waals surface area contributed by atoms with Crippen LogP contribution in [0.4, 0.5) is 5.69 Å². The predicted molar refractivity (Wildman–Crippen MR) is 95.1 cm³/mol. The lowest BCUT2D eigenvalue weighted by Gasteiger charge is -2.22. The van der Waals surface area contributed by atoms with Gasteiger partial charge < -0.3 is 14.9 Å². The molecule has 0 aliphatic heterocycles. The highest BCUT2D eigenvalue weighted by atomic mass is 32.2. The number of fused-ring (bicyclic) bond motifs is 1. The van der Waals surface area contributed by atoms with Gasteiger partial charge in [-0.1, -0.05) is 6.07 Å². The lowest BCUT2D eigenvalue weighted by atomic mass is 9.89. The summed E-state index contributed by atoms with van der Waals surface area (Å²) in [6.45, 7) is 0. The summed E-state index contributed by atoms with van der Waals surface area (Å²) in [6.07, 6.45) is 1.76. The molecule has 7 nitrogen and oxygen atoms in total. The van der Waals surface area contributed by atoms with Crippen LogP contribution in [0.15, 0.2) is 41.3 Å². The maximum atomic E-state index is 12.8. The van der Waals surface area contributed by atoms with Gasteiger partial charge in [-0.3, -0.25) is 4.72 Å². The highest BCUT2D eigenvalue weighted by molar-refractivity contribution is 7.92. The maximum Gasteiger partial charge on any atom is 0.335 e. The van der Waals surface area contributed by atoms with Crippen LogP contribution in [0.5, 0.6) is 5.75 Å². The molecule has 0 heterocycles. The first-order valence-electron chi connectivity index (χ1n) is 8.07. The molecule has 0 spiro atoms. The summed E-state index contributed by atoms with van der Waals surface area (Å²) in [4.78, 5) is 10.9. The van der Waals surface area contributed by atoms with Crippen molar-refractivity contribution in [3.63, 3.8) is 0 Å². The molecule has 0 amide bonds. The number of hydrogen-bond acceptors (Lipinski definition) is 5. The van der Waals surface area contributed by atoms with E-state index in [2.05, 4.69) is 4.72 Å². The van der Waals surface area contributed by atoms with E-state index in [1.54, 1.807) is 18.2 Å². The van der Waals surface area contributed by atoms with Crippen LogP contribution in [-0.4, -0.2) is 31.7 Å². The molecule has 2 aromatic rings. The van der Waals surface area contributed by atoms with E-state index >= 15 is 0 Å². The van der Waals surface area contributed by atoms with Crippen LogP contribution in [0.3, 0.4) is 0 Å². The third-order valence-electron chi connectivity index (χ3n) is 4.38. The number of sulfonamides is 1. The topological polar surface area (TPSA) is 113 Å². The minimum atomic E-state index is -4.05. The fraction of sp³-hybridized carbons (Fsp3) is 0.278. The summed E-state index contributed by atoms with van der Waals surface area (Å²) in [5.74, 6) is -1.18. The van der Waals surface area contributed by atoms with Crippen LogP contribution in [0.25, 0.3) is 0 Å². The Kier molecular flexibility index (Phi) is 4.88. The zero-order valence-electron chi connectivity index (χ0n) is 14.1. The number of aliphatic hydroxyl groups excluding tert-OH is 1. The Hall–Kier alpha value is -2.58. The van der Waals surface area contributed by atoms with Crippen LogP contribution in [0.2, 0.25) is 0 Å². The first-order valence-corrected chi connectivity index (χ1v) is 9.55. The quantitative estimate of drug-likeness (QED) is 0.738. The lowest BCUT2D eigenvalue weighted by molar-refractivity contribution is 0.0696. The monoisotopic (exact) mass is 377 g/mol. The second-order valence-corrected chi connectivity index (χ2v) is 7.75. The number of methoxy groups -OCH3 is 1. The molecule has 1 atom stereocenters. The SMILES string of the molecule is COc1ccc(C(=O)O)cc1S(=O)(=O)Nc1ccc2c(c1)CCC[C@@H]2O. The van der Waals surface area contributed by atoms with E-state index in [0.29, 0.717) is 12.1 Å². The zero-order chi connectivity index (χ0) is 18.9. The molecule has 0 radical (unpaired) electrons. The molecule has 0 saturated heterocycles. The summed E-state index contributed by atoms with van der Waals surface area (Å²) in [6, 6.07) is 8.64. The van der Waals surface area contributed by atoms with Crippen LogP contribution < -0.4 is 9.46 Å². The highest BCUT2D eigenvalue weighted by Crippen LogP contribution is 2.33. The summed E-state index contributed by atoms with van der Waals surface area (Å²) in [5.41, 5.74) is 1.90. The average molecular weight is 377 g/mol. The molecule has 2 aromatic carbocycles. The van der Waals surface area contributed by atoms with E-state index in [1.807, 2.05) is 0 Å². The number of hydrogen-bond donors (Lipinski definition) is 3. The van der Waals surface area contributed by atoms with Crippen molar-refractivity contribution in [1.82, 2.24) is 0 Å². The third-order valence-corrected chi connectivity index (χ3v) is 5.78. The Balaban J connectivity index is 1.97. The number of carboxylic acid groups (broad SMARTS) is 1. The van der Waals surface area contributed by atoms with E-state index < -0.39 is 22.1 Å². The zero-order valence-corrected chi connectivity index (χ0v) is 14.9. The molecule has 3 rings (SSSR count). The highest BCUT2D eigenvalue weighted by Gasteiger charge is 2.23. The Morgan fingerprint density at radius 2 is 2.00 bits per heavy atom. The van der Waals surface area contributed by atoms with E-state index in [-0.39, 0.29) is 16.2 Å². The summed E-state index contributed by atoms with van der Waals surface area (Å²) >= 11 is 0. The molecule has 138 valence electrons. The van der Waals surface area contributed by atoms with Crippen molar-refractivity contribution in [3.8, 4) is 5.75 Å². The number of nitrogens with one attached hydrogen (secondary N) is 1. The van der Waals surface area contributed by atoms with Crippen molar-refractivity contribution >= 4 is 21.7 Å². The van der Waals surface area contributed by atoms with Crippen molar-refractivity contribution in [1.29, 1.82) is 0 Å². The molecule has 0 aromatic heterocycles. The third kappa shape index (κ3) is 3.51. The molecule has 26 heavy (non-hydrogen) atoms. The Morgan fingerprint density at radius 3 is 2.69 bits per heavy atom. The van der Waals surface area contributed by atoms with Gasteiger partial charge in [0.15, 0.2) is 0 Å². The van der Waals surface area contributed by atoms with Gasteiger partial charge in [-0.25, -0.2) is 13.2 Å². The van der Waals surface area contributed by atoms with Gasteiger partial charge in [0.25, 0.3) is 10.0 Å². The van der Waals surface area contributed by atoms with Gasteiger partial charge in [-0.15, -0.1) is 0 Å². The fourth-order valence-corrected chi connectivity index (χ4v) is 4.33. The minimum absolute atomic E-state index is 0.0517. The van der Waals surface area contributed by atoms with E-state index in [0.717, 1.165) is 30.0 Å². The number of aryl methyl sites for hydroxylation is 1. The number of benzene rings is 2. The number of carboxylic acids is 1. The van der Waals surface area contributed by atoms with Crippen LogP contribution in [0, 0.1) is 0 Å². The van der Waals surface area contributed by atoms with E-state index in [1.165, 1.54) is 19.2 Å². The standard InChI is InChI=1S/C18H19NO6S/c1-25-16-8-5-12(18(21)22)10-17(16)26(23,24)19-13-6-7-14-11(9-13)3-2-4-15(14)20/h5-10,15,19-20H,2-4H2,1H3,(H,21,22)/t15-/m0/s1. The molecule has 0 fully saturated rings. The Labute approximate surface area is 151 Å². The fourth-order valence-electron chi connectivity index (χ4n) is 3.08. The molecule has 0 bridgehead atoms. The van der Waals surface area contributed by atoms with Crippen molar-refractivity contribution in [2.75, 3.05) is 11.8 Å². The molecule has 0 saturated carbocycles. The van der Waals surface area contributed by atoms with Crippen molar-refractivity contribution in [3.05, 3.63) is 53.1 Å². The van der Waals surface area contributed by atoms with Crippen LogP contribution in [0.1, 0.15) is 40.4 Å². The van der Waals surface area contributed by atoms with Crippen molar-refractivity contribution < 1.29 is 28.2 Å². The van der Waals surface area contributed by atoms with Gasteiger partial charge in [0.2, 0.25) is 0 Å². The molecule has 3 N–H and O–H groups in total. The molecular formula is C18H19NO6S. The largest absolute Gasteiger partial charge is 0.495 e. The number of carbonyl (C=O) groups is 1. The lowest BCUT2D eigenvalue weighted by Crippen LogP contribution is -2.16. The first-order chi connectivity index (χ1) is 12.3. The second-order valence-electron chi connectivity index (χ2n) is 6.10. The van der Waals surface area contributed by atoms with E-state index in [4.69, 9.17) is 9.84 Å². The Morgan fingerprint density at radius 1 is 1.23 bits per heavy atom. The molecule has 1 aliphatic carbocycles. The average Bonchev–Trinajstić information content (AvgIpc) is 2.61. The second kappa shape index (κ2) is 6.97. The number of anilines is 1. The van der Waals surface area contributed by atoms with Crippen LogP contribution >= 0.6 is 0 Å². The van der Waals surface area contributed by atoms with Gasteiger partial charge in [0.1, 0.15) is 10.6 Å². The van der Waals surface area contributed by atoms with Gasteiger partial charge in [-0.05, 0) is 60.7 Å². The number of rotatable bonds is 5. The van der Waals surface area contributed by atoms with E-state index in [9.17, 15) is 18.3 Å². The number of aromatic carboxylic acids is 1. The number of aliphatic hydroxyl groups is 1. The Bertz CT molecular complexity index is 954.